The van der Waals surface area contributed by atoms with Gasteiger partial charge in [0.25, 0.3) is 0 Å². The lowest BCUT2D eigenvalue weighted by atomic mass is 10.0. The molecule has 4 heteroatoms. The Balaban J connectivity index is 1.68. The van der Waals surface area contributed by atoms with E-state index in [4.69, 9.17) is 0 Å². The number of carbonyl (C=O) groups excluding carboxylic acids is 1. The summed E-state index contributed by atoms with van der Waals surface area (Å²) in [6.07, 6.45) is 2.24. The van der Waals surface area contributed by atoms with Gasteiger partial charge in [0.1, 0.15) is 0 Å². The molecule has 1 saturated heterocycles. The number of rotatable bonds is 3. The number of hydrogen-bond acceptors (Lipinski definition) is 3. The molecule has 4 nitrogen and oxygen atoms in total. The van der Waals surface area contributed by atoms with Crippen molar-refractivity contribution in [2.45, 2.75) is 6.42 Å². The summed E-state index contributed by atoms with van der Waals surface area (Å²) >= 11 is 0. The maximum absolute atomic E-state index is 12.1. The van der Waals surface area contributed by atoms with Crippen LogP contribution in [0.2, 0.25) is 0 Å². The molecule has 1 fully saturated rings. The van der Waals surface area contributed by atoms with Crippen molar-refractivity contribution >= 4 is 22.5 Å². The molecule has 1 atom stereocenters. The summed E-state index contributed by atoms with van der Waals surface area (Å²) in [6, 6.07) is 18.1. The number of benzene rings is 2. The molecular formula is C20H18N2O2. The molecule has 4 rings (SSSR count). The van der Waals surface area contributed by atoms with E-state index in [-0.39, 0.29) is 18.4 Å². The van der Waals surface area contributed by atoms with Gasteiger partial charge in [0.05, 0.1) is 5.52 Å². The molecule has 1 amide bonds. The minimum atomic E-state index is 0.0429. The number of aromatic nitrogens is 1. The van der Waals surface area contributed by atoms with Crippen molar-refractivity contribution in [2.75, 3.05) is 18.1 Å². The topological polar surface area (TPSA) is 53.4 Å². The van der Waals surface area contributed by atoms with Crippen LogP contribution in [0.3, 0.4) is 0 Å². The van der Waals surface area contributed by atoms with E-state index >= 15 is 0 Å². The Kier molecular flexibility index (Phi) is 3.75. The highest BCUT2D eigenvalue weighted by atomic mass is 16.3. The molecule has 0 saturated carbocycles. The lowest BCUT2D eigenvalue weighted by Gasteiger charge is -2.17. The van der Waals surface area contributed by atoms with Gasteiger partial charge in [0, 0.05) is 42.8 Å². The maximum Gasteiger partial charge on any atom is 0.227 e. The van der Waals surface area contributed by atoms with Crippen LogP contribution in [0, 0.1) is 5.92 Å². The second-order valence-electron chi connectivity index (χ2n) is 6.18. The van der Waals surface area contributed by atoms with Crippen molar-refractivity contribution in [3.8, 4) is 11.1 Å². The molecular weight excluding hydrogens is 300 g/mol. The van der Waals surface area contributed by atoms with Gasteiger partial charge in [0.15, 0.2) is 0 Å². The minimum Gasteiger partial charge on any atom is -0.396 e. The highest BCUT2D eigenvalue weighted by Crippen LogP contribution is 2.30. The molecule has 0 spiro atoms. The summed E-state index contributed by atoms with van der Waals surface area (Å²) in [4.78, 5) is 18.2. The molecule has 1 aliphatic rings. The number of anilines is 1. The largest absolute Gasteiger partial charge is 0.396 e. The molecule has 2 heterocycles. The van der Waals surface area contributed by atoms with Crippen LogP contribution in [0.5, 0.6) is 0 Å². The van der Waals surface area contributed by atoms with Gasteiger partial charge in [-0.3, -0.25) is 9.78 Å². The first-order valence-corrected chi connectivity index (χ1v) is 8.11. The van der Waals surface area contributed by atoms with Gasteiger partial charge in [-0.2, -0.15) is 0 Å². The van der Waals surface area contributed by atoms with Crippen LogP contribution in [0.15, 0.2) is 60.8 Å². The minimum absolute atomic E-state index is 0.0429. The number of aliphatic hydroxyl groups is 1. The second-order valence-corrected chi connectivity index (χ2v) is 6.18. The summed E-state index contributed by atoms with van der Waals surface area (Å²) in [5.41, 5.74) is 4.09. The molecule has 1 unspecified atom stereocenters. The molecule has 0 aliphatic carbocycles. The number of hydrogen-bond donors (Lipinski definition) is 1. The van der Waals surface area contributed by atoms with E-state index in [1.54, 1.807) is 4.90 Å². The van der Waals surface area contributed by atoms with Crippen LogP contribution in [0.1, 0.15) is 6.42 Å². The van der Waals surface area contributed by atoms with E-state index < -0.39 is 0 Å². The number of amides is 1. The number of nitrogens with zero attached hydrogens (tertiary/aromatic N) is 2. The predicted octanol–water partition coefficient (Wildman–Crippen LogP) is 3.25. The van der Waals surface area contributed by atoms with E-state index in [1.165, 1.54) is 0 Å². The van der Waals surface area contributed by atoms with Crippen molar-refractivity contribution in [1.82, 2.24) is 4.98 Å². The normalized spacial score (nSPS) is 17.6. The number of carbonyl (C=O) groups is 1. The zero-order valence-corrected chi connectivity index (χ0v) is 13.2. The maximum atomic E-state index is 12.1. The average molecular weight is 318 g/mol. The molecule has 0 bridgehead atoms. The summed E-state index contributed by atoms with van der Waals surface area (Å²) in [5.74, 6) is 0.123. The van der Waals surface area contributed by atoms with Crippen molar-refractivity contribution in [3.63, 3.8) is 0 Å². The van der Waals surface area contributed by atoms with Crippen LogP contribution in [-0.4, -0.2) is 29.1 Å². The Hall–Kier alpha value is -2.72. The first-order valence-electron chi connectivity index (χ1n) is 8.11. The Morgan fingerprint density at radius 3 is 2.62 bits per heavy atom. The highest BCUT2D eigenvalue weighted by molar-refractivity contribution is 5.97. The Labute approximate surface area is 140 Å². The van der Waals surface area contributed by atoms with Gasteiger partial charge in [-0.1, -0.05) is 30.3 Å². The standard InChI is InChI=1S/C20H18N2O2/c23-13-14-11-20(24)22(12-14)16-7-5-15(6-8-16)17-9-10-21-19-4-2-1-3-18(17)19/h1-10,14,23H,11-13H2. The van der Waals surface area contributed by atoms with Gasteiger partial charge < -0.3 is 10.0 Å². The van der Waals surface area contributed by atoms with Gasteiger partial charge in [-0.15, -0.1) is 0 Å². The molecule has 24 heavy (non-hydrogen) atoms. The fourth-order valence-corrected chi connectivity index (χ4v) is 3.32. The molecule has 1 aromatic heterocycles. The number of pyridine rings is 1. The Morgan fingerprint density at radius 1 is 1.08 bits per heavy atom. The van der Waals surface area contributed by atoms with Crippen LogP contribution in [0.4, 0.5) is 5.69 Å². The highest BCUT2D eigenvalue weighted by Gasteiger charge is 2.29. The van der Waals surface area contributed by atoms with E-state index in [2.05, 4.69) is 11.1 Å². The van der Waals surface area contributed by atoms with Crippen LogP contribution < -0.4 is 4.90 Å². The monoisotopic (exact) mass is 318 g/mol. The summed E-state index contributed by atoms with van der Waals surface area (Å²) in [5, 5.41) is 10.4. The van der Waals surface area contributed by atoms with Gasteiger partial charge in [-0.25, -0.2) is 0 Å². The summed E-state index contributed by atoms with van der Waals surface area (Å²) in [7, 11) is 0. The fraction of sp³-hybridized carbons (Fsp3) is 0.200. The smallest absolute Gasteiger partial charge is 0.227 e. The fourth-order valence-electron chi connectivity index (χ4n) is 3.32. The molecule has 1 aliphatic heterocycles. The second kappa shape index (κ2) is 6.06. The predicted molar refractivity (Wildman–Crippen MR) is 94.7 cm³/mol. The van der Waals surface area contributed by atoms with E-state index in [0.29, 0.717) is 13.0 Å². The first kappa shape index (κ1) is 14.8. The zero-order valence-electron chi connectivity index (χ0n) is 13.2. The van der Waals surface area contributed by atoms with E-state index in [0.717, 1.165) is 27.7 Å². The molecule has 1 N–H and O–H groups in total. The van der Waals surface area contributed by atoms with Crippen LogP contribution in [-0.2, 0) is 4.79 Å². The average Bonchev–Trinajstić information content (AvgIpc) is 3.02. The Morgan fingerprint density at radius 2 is 1.88 bits per heavy atom. The van der Waals surface area contributed by atoms with Crippen LogP contribution in [0.25, 0.3) is 22.0 Å². The third-order valence-electron chi connectivity index (χ3n) is 4.60. The quantitative estimate of drug-likeness (QED) is 0.806. The van der Waals surface area contributed by atoms with Gasteiger partial charge in [-0.05, 0) is 35.4 Å². The third-order valence-corrected chi connectivity index (χ3v) is 4.60. The van der Waals surface area contributed by atoms with Crippen molar-refractivity contribution in [2.24, 2.45) is 5.92 Å². The first-order chi connectivity index (χ1) is 11.8. The van der Waals surface area contributed by atoms with Crippen LogP contribution >= 0.6 is 0 Å². The zero-order chi connectivity index (χ0) is 16.5. The van der Waals surface area contributed by atoms with Gasteiger partial charge >= 0.3 is 0 Å². The molecule has 2 aromatic carbocycles. The molecule has 0 radical (unpaired) electrons. The molecule has 3 aromatic rings. The van der Waals surface area contributed by atoms with Crippen molar-refractivity contribution < 1.29 is 9.90 Å². The number of para-hydroxylation sites is 1. The van der Waals surface area contributed by atoms with Crippen molar-refractivity contribution in [3.05, 3.63) is 60.8 Å². The molecule has 120 valence electrons. The number of aliphatic hydroxyl groups excluding tert-OH is 1. The van der Waals surface area contributed by atoms with Gasteiger partial charge in [0.2, 0.25) is 5.91 Å². The Bertz CT molecular complexity index is 884. The van der Waals surface area contributed by atoms with E-state index in [1.807, 2.05) is 54.7 Å². The SMILES string of the molecule is O=C1CC(CO)CN1c1ccc(-c2ccnc3ccccc23)cc1. The summed E-state index contributed by atoms with van der Waals surface area (Å²) < 4.78 is 0. The lowest BCUT2D eigenvalue weighted by Crippen LogP contribution is -2.24. The van der Waals surface area contributed by atoms with E-state index in [9.17, 15) is 9.90 Å². The van der Waals surface area contributed by atoms with Crippen molar-refractivity contribution in [1.29, 1.82) is 0 Å². The lowest BCUT2D eigenvalue weighted by molar-refractivity contribution is -0.117. The summed E-state index contributed by atoms with van der Waals surface area (Å²) in [6.45, 7) is 0.649. The number of fused-ring (bicyclic) bond motifs is 1. The third kappa shape index (κ3) is 2.55.